The summed E-state index contributed by atoms with van der Waals surface area (Å²) in [5.74, 6) is 0.974. The van der Waals surface area contributed by atoms with Crippen LogP contribution in [0, 0.1) is 6.92 Å². The molecule has 17 heavy (non-hydrogen) atoms. The van der Waals surface area contributed by atoms with Crippen molar-refractivity contribution in [2.45, 2.75) is 24.3 Å². The zero-order valence-electron chi connectivity index (χ0n) is 9.93. The molecule has 1 aromatic heterocycles. The maximum atomic E-state index is 6.14. The molecule has 1 unspecified atom stereocenters. The van der Waals surface area contributed by atoms with Gasteiger partial charge in [0.1, 0.15) is 0 Å². The van der Waals surface area contributed by atoms with Gasteiger partial charge < -0.3 is 5.73 Å². The molecule has 0 saturated carbocycles. The third-order valence-corrected chi connectivity index (χ3v) is 4.58. The summed E-state index contributed by atoms with van der Waals surface area (Å²) < 4.78 is 0. The van der Waals surface area contributed by atoms with Crippen molar-refractivity contribution in [2.24, 2.45) is 5.73 Å². The zero-order valence-corrected chi connectivity index (χ0v) is 11.6. The molecule has 0 aliphatic heterocycles. The Balaban J connectivity index is 1.82. The largest absolute Gasteiger partial charge is 0.327 e. The van der Waals surface area contributed by atoms with E-state index in [1.807, 2.05) is 11.8 Å². The van der Waals surface area contributed by atoms with Crippen LogP contribution < -0.4 is 5.73 Å². The highest BCUT2D eigenvalue weighted by Gasteiger charge is 2.05. The Morgan fingerprint density at radius 3 is 2.88 bits per heavy atom. The van der Waals surface area contributed by atoms with Crippen molar-refractivity contribution in [3.05, 3.63) is 52.2 Å². The molecule has 0 aliphatic carbocycles. The van der Waals surface area contributed by atoms with E-state index >= 15 is 0 Å². The van der Waals surface area contributed by atoms with E-state index in [0.29, 0.717) is 0 Å². The highest BCUT2D eigenvalue weighted by molar-refractivity contribution is 7.99. The third-order valence-electron chi connectivity index (χ3n) is 2.50. The molecule has 90 valence electrons. The number of hydrogen-bond acceptors (Lipinski definition) is 3. The van der Waals surface area contributed by atoms with Crippen LogP contribution in [0.1, 0.15) is 10.4 Å². The fraction of sp³-hybridized carbons (Fsp3) is 0.286. The summed E-state index contributed by atoms with van der Waals surface area (Å²) in [5.41, 5.74) is 7.44. The molecular formula is C14H17NS2. The summed E-state index contributed by atoms with van der Waals surface area (Å²) in [6.45, 7) is 2.12. The number of benzene rings is 1. The first-order chi connectivity index (χ1) is 8.24. The second-order valence-corrected chi connectivity index (χ2v) is 6.30. The van der Waals surface area contributed by atoms with Gasteiger partial charge in [-0.2, -0.15) is 0 Å². The predicted octanol–water partition coefficient (Wildman–Crippen LogP) is 3.72. The molecule has 0 aliphatic rings. The Labute approximate surface area is 111 Å². The van der Waals surface area contributed by atoms with Gasteiger partial charge in [-0.15, -0.1) is 23.1 Å². The van der Waals surface area contributed by atoms with Gasteiger partial charge in [-0.1, -0.05) is 23.8 Å². The van der Waals surface area contributed by atoms with E-state index in [1.165, 1.54) is 15.3 Å². The molecule has 2 aromatic rings. The highest BCUT2D eigenvalue weighted by Crippen LogP contribution is 2.20. The molecule has 0 amide bonds. The first-order valence-corrected chi connectivity index (χ1v) is 7.58. The predicted molar refractivity (Wildman–Crippen MR) is 77.9 cm³/mol. The van der Waals surface area contributed by atoms with Gasteiger partial charge in [0.15, 0.2) is 0 Å². The maximum absolute atomic E-state index is 6.14. The normalized spacial score (nSPS) is 12.6. The molecule has 1 atom stereocenters. The molecule has 1 heterocycles. The number of aryl methyl sites for hydroxylation is 1. The number of thiophene rings is 1. The lowest BCUT2D eigenvalue weighted by atomic mass is 10.2. The van der Waals surface area contributed by atoms with Crippen LogP contribution >= 0.6 is 23.1 Å². The van der Waals surface area contributed by atoms with Crippen molar-refractivity contribution < 1.29 is 0 Å². The quantitative estimate of drug-likeness (QED) is 0.832. The van der Waals surface area contributed by atoms with Crippen LogP contribution in [0.4, 0.5) is 0 Å². The highest BCUT2D eigenvalue weighted by atomic mass is 32.2. The van der Waals surface area contributed by atoms with Crippen LogP contribution in [0.5, 0.6) is 0 Å². The lowest BCUT2D eigenvalue weighted by Crippen LogP contribution is -2.25. The monoisotopic (exact) mass is 263 g/mol. The molecule has 0 radical (unpaired) electrons. The number of nitrogens with two attached hydrogens (primary N) is 1. The van der Waals surface area contributed by atoms with E-state index in [4.69, 9.17) is 5.73 Å². The van der Waals surface area contributed by atoms with Gasteiger partial charge >= 0.3 is 0 Å². The zero-order chi connectivity index (χ0) is 12.1. The van der Waals surface area contributed by atoms with Crippen molar-refractivity contribution in [2.75, 3.05) is 5.75 Å². The molecule has 1 nitrogen and oxygen atoms in total. The summed E-state index contributed by atoms with van der Waals surface area (Å²) in [6.07, 6.45) is 0.983. The van der Waals surface area contributed by atoms with E-state index in [9.17, 15) is 0 Å². The Morgan fingerprint density at radius 1 is 1.29 bits per heavy atom. The average Bonchev–Trinajstić information content (AvgIpc) is 2.79. The van der Waals surface area contributed by atoms with Crippen LogP contribution in [-0.2, 0) is 6.42 Å². The molecule has 0 saturated heterocycles. The third kappa shape index (κ3) is 4.19. The minimum absolute atomic E-state index is 0.235. The van der Waals surface area contributed by atoms with Crippen LogP contribution in [0.3, 0.4) is 0 Å². The second-order valence-electron chi connectivity index (χ2n) is 4.17. The van der Waals surface area contributed by atoms with Crippen LogP contribution in [-0.4, -0.2) is 11.8 Å². The smallest absolute Gasteiger partial charge is 0.0182 e. The van der Waals surface area contributed by atoms with Crippen molar-refractivity contribution in [3.8, 4) is 0 Å². The molecular weight excluding hydrogens is 246 g/mol. The summed E-state index contributed by atoms with van der Waals surface area (Å²) >= 11 is 3.63. The first-order valence-electron chi connectivity index (χ1n) is 5.71. The van der Waals surface area contributed by atoms with Gasteiger partial charge in [0.25, 0.3) is 0 Å². The second kappa shape index (κ2) is 6.24. The molecule has 1 aromatic carbocycles. The van der Waals surface area contributed by atoms with Crippen LogP contribution in [0.25, 0.3) is 0 Å². The minimum Gasteiger partial charge on any atom is -0.327 e. The number of rotatable bonds is 5. The van der Waals surface area contributed by atoms with Gasteiger partial charge in [0.05, 0.1) is 0 Å². The number of hydrogen-bond donors (Lipinski definition) is 1. The Kier molecular flexibility index (Phi) is 4.66. The van der Waals surface area contributed by atoms with E-state index in [0.717, 1.165) is 12.2 Å². The Morgan fingerprint density at radius 2 is 2.18 bits per heavy atom. The summed E-state index contributed by atoms with van der Waals surface area (Å²) in [4.78, 5) is 2.69. The summed E-state index contributed by atoms with van der Waals surface area (Å²) in [5, 5.41) is 2.11. The molecule has 0 bridgehead atoms. The molecule has 2 rings (SSSR count). The lowest BCUT2D eigenvalue weighted by Gasteiger charge is -2.10. The van der Waals surface area contributed by atoms with Gasteiger partial charge in [-0.25, -0.2) is 0 Å². The molecule has 2 N–H and O–H groups in total. The molecule has 0 fully saturated rings. The summed E-state index contributed by atoms with van der Waals surface area (Å²) in [7, 11) is 0. The fourth-order valence-electron chi connectivity index (χ4n) is 1.65. The topological polar surface area (TPSA) is 26.0 Å². The Hall–Kier alpha value is -0.770. The number of thioether (sulfide) groups is 1. The minimum atomic E-state index is 0.235. The van der Waals surface area contributed by atoms with Gasteiger partial charge in [0.2, 0.25) is 0 Å². The Bertz CT molecular complexity index is 451. The SMILES string of the molecule is Cc1cccc(SCC(N)Cc2cccs2)c1. The van der Waals surface area contributed by atoms with Gasteiger partial charge in [0, 0.05) is 21.6 Å². The van der Waals surface area contributed by atoms with E-state index in [1.54, 1.807) is 11.3 Å². The standard InChI is InChI=1S/C14H17NS2/c1-11-4-2-5-13(8-11)17-10-12(15)9-14-6-3-7-16-14/h2-8,12H,9-10,15H2,1H3. The van der Waals surface area contributed by atoms with E-state index < -0.39 is 0 Å². The first kappa shape index (κ1) is 12.7. The van der Waals surface area contributed by atoms with Crippen molar-refractivity contribution in [3.63, 3.8) is 0 Å². The lowest BCUT2D eigenvalue weighted by molar-refractivity contribution is 0.757. The van der Waals surface area contributed by atoms with Gasteiger partial charge in [-0.05, 0) is 36.9 Å². The average molecular weight is 263 g/mol. The van der Waals surface area contributed by atoms with Crippen LogP contribution in [0.15, 0.2) is 46.7 Å². The van der Waals surface area contributed by atoms with Crippen molar-refractivity contribution in [1.82, 2.24) is 0 Å². The van der Waals surface area contributed by atoms with Crippen LogP contribution in [0.2, 0.25) is 0 Å². The van der Waals surface area contributed by atoms with Crippen molar-refractivity contribution >= 4 is 23.1 Å². The van der Waals surface area contributed by atoms with E-state index in [2.05, 4.69) is 48.7 Å². The molecule has 3 heteroatoms. The van der Waals surface area contributed by atoms with Gasteiger partial charge in [-0.3, -0.25) is 0 Å². The molecule has 0 spiro atoms. The van der Waals surface area contributed by atoms with Crippen molar-refractivity contribution in [1.29, 1.82) is 0 Å². The fourth-order valence-corrected chi connectivity index (χ4v) is 3.42. The maximum Gasteiger partial charge on any atom is 0.0182 e. The summed E-state index contributed by atoms with van der Waals surface area (Å²) in [6, 6.07) is 13.1. The van der Waals surface area contributed by atoms with E-state index in [-0.39, 0.29) is 6.04 Å².